The van der Waals surface area contributed by atoms with Gasteiger partial charge in [-0.15, -0.1) is 0 Å². The molecule has 0 unspecified atom stereocenters. The molecule has 1 amide bonds. The van der Waals surface area contributed by atoms with E-state index in [-0.39, 0.29) is 11.8 Å². The molecule has 2 N–H and O–H groups in total. The number of aromatic amines is 1. The van der Waals surface area contributed by atoms with Gasteiger partial charge in [-0.25, -0.2) is 0 Å². The number of aromatic nitrogens is 1. The molecule has 0 saturated heterocycles. The van der Waals surface area contributed by atoms with Crippen molar-refractivity contribution in [2.24, 2.45) is 0 Å². The van der Waals surface area contributed by atoms with E-state index in [0.29, 0.717) is 12.3 Å². The molecule has 2 aromatic carbocycles. The van der Waals surface area contributed by atoms with Crippen molar-refractivity contribution in [1.82, 2.24) is 10.3 Å². The van der Waals surface area contributed by atoms with E-state index < -0.39 is 0 Å². The molecule has 4 nitrogen and oxygen atoms in total. The smallest absolute Gasteiger partial charge is 0.287 e. The van der Waals surface area contributed by atoms with Crippen molar-refractivity contribution in [3.05, 3.63) is 94.5 Å². The molecule has 0 bridgehead atoms. The second-order valence-corrected chi connectivity index (χ2v) is 7.00. The topological polar surface area (TPSA) is 58.0 Å². The first kappa shape index (κ1) is 16.7. The van der Waals surface area contributed by atoms with E-state index >= 15 is 0 Å². The second kappa shape index (κ2) is 7.22. The van der Waals surface area contributed by atoms with Crippen LogP contribution in [0.2, 0.25) is 0 Å². The van der Waals surface area contributed by atoms with E-state index in [1.807, 2.05) is 30.5 Å². The van der Waals surface area contributed by atoms with E-state index in [4.69, 9.17) is 4.42 Å². The highest BCUT2D eigenvalue weighted by Crippen LogP contribution is 2.31. The molecule has 4 aromatic rings. The minimum absolute atomic E-state index is 0.0261. The first-order valence-corrected chi connectivity index (χ1v) is 9.15. The quantitative estimate of drug-likeness (QED) is 0.483. The Hall–Kier alpha value is -2.79. The maximum atomic E-state index is 12.3. The van der Waals surface area contributed by atoms with Gasteiger partial charge in [0, 0.05) is 34.0 Å². The van der Waals surface area contributed by atoms with E-state index in [1.165, 1.54) is 6.26 Å². The Morgan fingerprint density at radius 2 is 1.88 bits per heavy atom. The van der Waals surface area contributed by atoms with Gasteiger partial charge in [-0.3, -0.25) is 4.79 Å². The Morgan fingerprint density at radius 1 is 1.08 bits per heavy atom. The molecule has 0 fully saturated rings. The Kier molecular flexibility index (Phi) is 4.63. The van der Waals surface area contributed by atoms with Crippen LogP contribution >= 0.6 is 15.9 Å². The summed E-state index contributed by atoms with van der Waals surface area (Å²) >= 11 is 3.48. The number of amides is 1. The summed E-state index contributed by atoms with van der Waals surface area (Å²) in [7, 11) is 0. The summed E-state index contributed by atoms with van der Waals surface area (Å²) in [6, 6.07) is 19.8. The van der Waals surface area contributed by atoms with E-state index in [0.717, 1.165) is 26.5 Å². The maximum Gasteiger partial charge on any atom is 0.287 e. The molecule has 2 aromatic heterocycles. The van der Waals surface area contributed by atoms with Crippen LogP contribution in [0.25, 0.3) is 10.9 Å². The number of benzene rings is 2. The second-order valence-electron chi connectivity index (χ2n) is 6.08. The Morgan fingerprint density at radius 3 is 2.65 bits per heavy atom. The van der Waals surface area contributed by atoms with Crippen molar-refractivity contribution in [2.45, 2.75) is 5.92 Å². The number of carbonyl (C=O) groups is 1. The van der Waals surface area contributed by atoms with Crippen LogP contribution in [-0.4, -0.2) is 17.4 Å². The van der Waals surface area contributed by atoms with Gasteiger partial charge in [0.05, 0.1) is 6.26 Å². The van der Waals surface area contributed by atoms with Crippen LogP contribution in [0.5, 0.6) is 0 Å². The lowest BCUT2D eigenvalue weighted by atomic mass is 9.91. The molecule has 5 heteroatoms. The van der Waals surface area contributed by atoms with Crippen molar-refractivity contribution >= 4 is 32.7 Å². The predicted octanol–water partition coefficient (Wildman–Crippen LogP) is 5.09. The van der Waals surface area contributed by atoms with Crippen LogP contribution in [0, 0.1) is 0 Å². The number of halogens is 1. The Bertz CT molecular complexity index is 1020. The summed E-state index contributed by atoms with van der Waals surface area (Å²) in [5.41, 5.74) is 3.38. The summed E-state index contributed by atoms with van der Waals surface area (Å²) < 4.78 is 6.21. The van der Waals surface area contributed by atoms with Gasteiger partial charge in [0.15, 0.2) is 5.76 Å². The third kappa shape index (κ3) is 3.30. The van der Waals surface area contributed by atoms with Crippen LogP contribution in [0.3, 0.4) is 0 Å². The van der Waals surface area contributed by atoms with Crippen molar-refractivity contribution in [3.8, 4) is 0 Å². The number of carbonyl (C=O) groups excluding carboxylic acids is 1. The monoisotopic (exact) mass is 408 g/mol. The van der Waals surface area contributed by atoms with Gasteiger partial charge in [0.2, 0.25) is 0 Å². The molecule has 1 atom stereocenters. The first-order valence-electron chi connectivity index (χ1n) is 8.35. The van der Waals surface area contributed by atoms with Gasteiger partial charge in [0.1, 0.15) is 0 Å². The zero-order valence-corrected chi connectivity index (χ0v) is 15.5. The molecule has 0 aliphatic heterocycles. The number of rotatable bonds is 5. The van der Waals surface area contributed by atoms with E-state index in [9.17, 15) is 4.79 Å². The fourth-order valence-electron chi connectivity index (χ4n) is 3.17. The number of furan rings is 1. The summed E-state index contributed by atoms with van der Waals surface area (Å²) in [4.78, 5) is 15.6. The number of hydrogen-bond acceptors (Lipinski definition) is 2. The zero-order valence-electron chi connectivity index (χ0n) is 13.9. The fraction of sp³-hybridized carbons (Fsp3) is 0.0952. The van der Waals surface area contributed by atoms with Gasteiger partial charge in [-0.05, 0) is 41.5 Å². The van der Waals surface area contributed by atoms with Crippen molar-refractivity contribution < 1.29 is 9.21 Å². The molecular weight excluding hydrogens is 392 g/mol. The summed E-state index contributed by atoms with van der Waals surface area (Å²) in [5, 5.41) is 4.15. The summed E-state index contributed by atoms with van der Waals surface area (Å²) in [6.45, 7) is 0.475. The lowest BCUT2D eigenvalue weighted by molar-refractivity contribution is 0.0925. The molecule has 4 rings (SSSR count). The minimum Gasteiger partial charge on any atom is -0.459 e. The number of H-pyrrole nitrogens is 1. The van der Waals surface area contributed by atoms with Gasteiger partial charge >= 0.3 is 0 Å². The maximum absolute atomic E-state index is 12.3. The summed E-state index contributed by atoms with van der Waals surface area (Å²) in [6.07, 6.45) is 3.53. The lowest BCUT2D eigenvalue weighted by Gasteiger charge is -2.18. The molecule has 0 aliphatic carbocycles. The lowest BCUT2D eigenvalue weighted by Crippen LogP contribution is -2.28. The molecule has 2 heterocycles. The van der Waals surface area contributed by atoms with Crippen LogP contribution in [0.4, 0.5) is 0 Å². The fourth-order valence-corrected chi connectivity index (χ4v) is 3.44. The third-order valence-electron chi connectivity index (χ3n) is 4.48. The predicted molar refractivity (Wildman–Crippen MR) is 105 cm³/mol. The number of para-hydroxylation sites is 1. The SMILES string of the molecule is O=C(NC[C@@H](c1ccc(Br)cc1)c1c[nH]c2ccccc12)c1ccco1. The van der Waals surface area contributed by atoms with Crippen molar-refractivity contribution in [1.29, 1.82) is 0 Å². The molecule has 0 radical (unpaired) electrons. The number of fused-ring (bicyclic) bond motifs is 1. The van der Waals surface area contributed by atoms with Crippen molar-refractivity contribution in [3.63, 3.8) is 0 Å². The minimum atomic E-state index is -0.211. The van der Waals surface area contributed by atoms with Gasteiger partial charge in [0.25, 0.3) is 5.91 Å². The van der Waals surface area contributed by atoms with Crippen molar-refractivity contribution in [2.75, 3.05) is 6.54 Å². The molecular formula is C21H17BrN2O2. The highest BCUT2D eigenvalue weighted by atomic mass is 79.9. The molecule has 26 heavy (non-hydrogen) atoms. The Labute approximate surface area is 159 Å². The van der Waals surface area contributed by atoms with Gasteiger partial charge in [-0.1, -0.05) is 46.3 Å². The third-order valence-corrected chi connectivity index (χ3v) is 5.01. The molecule has 0 aliphatic rings. The summed E-state index contributed by atoms with van der Waals surface area (Å²) in [5.74, 6) is 0.133. The van der Waals surface area contributed by atoms with Crippen LogP contribution < -0.4 is 5.32 Å². The van der Waals surface area contributed by atoms with Gasteiger partial charge in [-0.2, -0.15) is 0 Å². The molecule has 130 valence electrons. The zero-order chi connectivity index (χ0) is 17.9. The number of hydrogen-bond donors (Lipinski definition) is 2. The highest BCUT2D eigenvalue weighted by Gasteiger charge is 2.20. The van der Waals surface area contributed by atoms with Crippen LogP contribution in [0.15, 0.2) is 82.0 Å². The van der Waals surface area contributed by atoms with Crippen LogP contribution in [0.1, 0.15) is 27.6 Å². The first-order chi connectivity index (χ1) is 12.7. The normalized spacial score (nSPS) is 12.2. The Balaban J connectivity index is 1.67. The standard InChI is InChI=1S/C21H17BrN2O2/c22-15-9-7-14(8-10-15)17(12-24-21(25)20-6-3-11-26-20)18-13-23-19-5-2-1-4-16(18)19/h1-11,13,17,23H,12H2,(H,24,25)/t17-/m0/s1. The molecule has 0 saturated carbocycles. The van der Waals surface area contributed by atoms with E-state index in [1.54, 1.807) is 12.1 Å². The average molecular weight is 409 g/mol. The number of nitrogens with one attached hydrogen (secondary N) is 2. The van der Waals surface area contributed by atoms with E-state index in [2.05, 4.69) is 50.5 Å². The van der Waals surface area contributed by atoms with Gasteiger partial charge < -0.3 is 14.7 Å². The largest absolute Gasteiger partial charge is 0.459 e. The highest BCUT2D eigenvalue weighted by molar-refractivity contribution is 9.10. The van der Waals surface area contributed by atoms with Crippen LogP contribution in [-0.2, 0) is 0 Å². The molecule has 0 spiro atoms. The average Bonchev–Trinajstić information content (AvgIpc) is 3.33.